The Bertz CT molecular complexity index is 434. The first-order valence-electron chi connectivity index (χ1n) is 6.89. The first kappa shape index (κ1) is 15.1. The largest absolute Gasteiger partial charge is 0.394 e. The van der Waals surface area contributed by atoms with Crippen molar-refractivity contribution in [3.05, 3.63) is 27.7 Å². The summed E-state index contributed by atoms with van der Waals surface area (Å²) >= 11 is 9.45. The minimum Gasteiger partial charge on any atom is -0.394 e. The monoisotopic (exact) mass is 345 g/mol. The zero-order chi connectivity index (χ0) is 13.9. The summed E-state index contributed by atoms with van der Waals surface area (Å²) in [5.74, 6) is 0.528. The van der Waals surface area contributed by atoms with Crippen LogP contribution in [0, 0.1) is 5.92 Å². The zero-order valence-corrected chi connectivity index (χ0v) is 13.6. The molecule has 0 bridgehead atoms. The molecule has 1 aliphatic carbocycles. The summed E-state index contributed by atoms with van der Waals surface area (Å²) in [5, 5.41) is 14.0. The van der Waals surface area contributed by atoms with Crippen LogP contribution < -0.4 is 5.32 Å². The van der Waals surface area contributed by atoms with Crippen molar-refractivity contribution in [1.82, 2.24) is 0 Å². The second-order valence-electron chi connectivity index (χ2n) is 5.66. The van der Waals surface area contributed by atoms with Crippen LogP contribution in [0.3, 0.4) is 0 Å². The average Bonchev–Trinajstić information content (AvgIpc) is 2.44. The average molecular weight is 347 g/mol. The summed E-state index contributed by atoms with van der Waals surface area (Å²) in [6.45, 7) is 2.27. The molecule has 19 heavy (non-hydrogen) atoms. The fourth-order valence-corrected chi connectivity index (χ4v) is 3.41. The molecule has 106 valence electrons. The Kier molecular flexibility index (Phi) is 5.15. The maximum atomic E-state index is 9.82. The summed E-state index contributed by atoms with van der Waals surface area (Å²) < 4.78 is 0.878. The lowest BCUT2D eigenvalue weighted by atomic mass is 9.76. The van der Waals surface area contributed by atoms with E-state index in [-0.39, 0.29) is 12.1 Å². The topological polar surface area (TPSA) is 32.3 Å². The van der Waals surface area contributed by atoms with Gasteiger partial charge in [-0.15, -0.1) is 0 Å². The SMILES string of the molecule is CC(CO)(Nc1ccc(Cl)c(Br)c1)C1CCCCC1. The lowest BCUT2D eigenvalue weighted by Crippen LogP contribution is -2.47. The van der Waals surface area contributed by atoms with Crippen LogP contribution in [0.25, 0.3) is 0 Å². The number of nitrogens with one attached hydrogen (secondary N) is 1. The van der Waals surface area contributed by atoms with Gasteiger partial charge in [-0.05, 0) is 59.8 Å². The van der Waals surface area contributed by atoms with Gasteiger partial charge in [0.05, 0.1) is 17.2 Å². The minimum atomic E-state index is -0.256. The molecular weight excluding hydrogens is 326 g/mol. The lowest BCUT2D eigenvalue weighted by Gasteiger charge is -2.40. The fraction of sp³-hybridized carbons (Fsp3) is 0.600. The molecule has 4 heteroatoms. The van der Waals surface area contributed by atoms with Crippen LogP contribution in [0.2, 0.25) is 5.02 Å². The van der Waals surface area contributed by atoms with Gasteiger partial charge in [0, 0.05) is 10.2 Å². The van der Waals surface area contributed by atoms with Crippen molar-refractivity contribution in [2.24, 2.45) is 5.92 Å². The zero-order valence-electron chi connectivity index (χ0n) is 11.3. The Hall–Kier alpha value is -0.250. The van der Waals surface area contributed by atoms with E-state index < -0.39 is 0 Å². The van der Waals surface area contributed by atoms with Crippen LogP contribution in [-0.4, -0.2) is 17.3 Å². The van der Waals surface area contributed by atoms with Gasteiger partial charge >= 0.3 is 0 Å². The maximum Gasteiger partial charge on any atom is 0.0661 e. The summed E-state index contributed by atoms with van der Waals surface area (Å²) in [4.78, 5) is 0. The Labute approximate surface area is 128 Å². The molecule has 1 atom stereocenters. The quantitative estimate of drug-likeness (QED) is 0.817. The van der Waals surface area contributed by atoms with Crippen LogP contribution in [0.4, 0.5) is 5.69 Å². The molecule has 0 spiro atoms. The van der Waals surface area contributed by atoms with Gasteiger partial charge in [-0.25, -0.2) is 0 Å². The number of benzene rings is 1. The van der Waals surface area contributed by atoms with Crippen LogP contribution in [-0.2, 0) is 0 Å². The van der Waals surface area contributed by atoms with Gasteiger partial charge < -0.3 is 10.4 Å². The first-order valence-corrected chi connectivity index (χ1v) is 8.06. The Morgan fingerprint density at radius 3 is 2.63 bits per heavy atom. The summed E-state index contributed by atoms with van der Waals surface area (Å²) in [7, 11) is 0. The van der Waals surface area contributed by atoms with Crippen molar-refractivity contribution in [3.8, 4) is 0 Å². The van der Waals surface area contributed by atoms with E-state index in [0.717, 1.165) is 10.2 Å². The standard InChI is InChI=1S/C15H21BrClNO/c1-15(10-19,11-5-3-2-4-6-11)18-12-7-8-14(17)13(16)9-12/h7-9,11,18-19H,2-6,10H2,1H3. The lowest BCUT2D eigenvalue weighted by molar-refractivity contribution is 0.144. The number of hydrogen-bond donors (Lipinski definition) is 2. The van der Waals surface area contributed by atoms with Gasteiger partial charge in [0.15, 0.2) is 0 Å². The van der Waals surface area contributed by atoms with Crippen LogP contribution in [0.5, 0.6) is 0 Å². The number of aliphatic hydroxyl groups is 1. The molecule has 0 amide bonds. The smallest absolute Gasteiger partial charge is 0.0661 e. The predicted octanol–water partition coefficient (Wildman–Crippen LogP) is 4.85. The molecule has 2 nitrogen and oxygen atoms in total. The molecule has 0 aliphatic heterocycles. The summed E-state index contributed by atoms with van der Waals surface area (Å²) in [5.41, 5.74) is 0.742. The summed E-state index contributed by atoms with van der Waals surface area (Å²) in [6.07, 6.45) is 6.25. The molecule has 1 unspecified atom stereocenters. The molecule has 1 aromatic rings. The minimum absolute atomic E-state index is 0.151. The highest BCUT2D eigenvalue weighted by atomic mass is 79.9. The van der Waals surface area contributed by atoms with Crippen LogP contribution in [0.1, 0.15) is 39.0 Å². The third-order valence-electron chi connectivity index (χ3n) is 4.18. The Morgan fingerprint density at radius 1 is 1.37 bits per heavy atom. The van der Waals surface area contributed by atoms with E-state index in [9.17, 15) is 5.11 Å². The van der Waals surface area contributed by atoms with Gasteiger partial charge in [0.2, 0.25) is 0 Å². The van der Waals surface area contributed by atoms with E-state index in [1.165, 1.54) is 32.1 Å². The van der Waals surface area contributed by atoms with E-state index in [1.54, 1.807) is 0 Å². The Morgan fingerprint density at radius 2 is 2.05 bits per heavy atom. The first-order chi connectivity index (χ1) is 9.05. The number of anilines is 1. The molecule has 2 N–H and O–H groups in total. The molecule has 2 rings (SSSR count). The second kappa shape index (κ2) is 6.47. The summed E-state index contributed by atoms with van der Waals surface area (Å²) in [6, 6.07) is 5.80. The maximum absolute atomic E-state index is 9.82. The molecule has 0 radical (unpaired) electrons. The van der Waals surface area contributed by atoms with Gasteiger partial charge in [-0.2, -0.15) is 0 Å². The molecule has 1 fully saturated rings. The van der Waals surface area contributed by atoms with Gasteiger partial charge in [0.1, 0.15) is 0 Å². The van der Waals surface area contributed by atoms with Crippen LogP contribution >= 0.6 is 27.5 Å². The molecule has 1 saturated carbocycles. The highest BCUT2D eigenvalue weighted by molar-refractivity contribution is 9.10. The Balaban J connectivity index is 2.14. The normalized spacial score (nSPS) is 20.0. The molecule has 0 saturated heterocycles. The van der Waals surface area contributed by atoms with Gasteiger partial charge in [-0.3, -0.25) is 0 Å². The van der Waals surface area contributed by atoms with Crippen molar-refractivity contribution in [3.63, 3.8) is 0 Å². The molecule has 1 aliphatic rings. The molecular formula is C15H21BrClNO. The number of rotatable bonds is 4. The van der Waals surface area contributed by atoms with Crippen molar-refractivity contribution in [1.29, 1.82) is 0 Å². The van der Waals surface area contributed by atoms with Crippen molar-refractivity contribution in [2.45, 2.75) is 44.6 Å². The highest BCUT2D eigenvalue weighted by Gasteiger charge is 2.34. The van der Waals surface area contributed by atoms with Crippen molar-refractivity contribution in [2.75, 3.05) is 11.9 Å². The number of aliphatic hydroxyl groups excluding tert-OH is 1. The second-order valence-corrected chi connectivity index (χ2v) is 6.93. The van der Waals surface area contributed by atoms with Gasteiger partial charge in [-0.1, -0.05) is 30.9 Å². The number of hydrogen-bond acceptors (Lipinski definition) is 2. The van der Waals surface area contributed by atoms with Crippen molar-refractivity contribution >= 4 is 33.2 Å². The van der Waals surface area contributed by atoms with E-state index in [1.807, 2.05) is 18.2 Å². The third kappa shape index (κ3) is 3.65. The van der Waals surface area contributed by atoms with E-state index in [2.05, 4.69) is 28.2 Å². The predicted molar refractivity (Wildman–Crippen MR) is 84.8 cm³/mol. The van der Waals surface area contributed by atoms with Gasteiger partial charge in [0.25, 0.3) is 0 Å². The third-order valence-corrected chi connectivity index (χ3v) is 5.40. The van der Waals surface area contributed by atoms with E-state index >= 15 is 0 Å². The van der Waals surface area contributed by atoms with Crippen molar-refractivity contribution < 1.29 is 5.11 Å². The van der Waals surface area contributed by atoms with E-state index in [4.69, 9.17) is 11.6 Å². The fourth-order valence-electron chi connectivity index (χ4n) is 2.91. The molecule has 0 heterocycles. The van der Waals surface area contributed by atoms with Crippen LogP contribution in [0.15, 0.2) is 22.7 Å². The highest BCUT2D eigenvalue weighted by Crippen LogP contribution is 2.35. The van der Waals surface area contributed by atoms with E-state index in [0.29, 0.717) is 10.9 Å². The molecule has 0 aromatic heterocycles. The molecule has 1 aromatic carbocycles. The number of halogens is 2.